The third-order valence-corrected chi connectivity index (χ3v) is 7.11. The lowest BCUT2D eigenvalue weighted by atomic mass is 9.86. The second-order valence-electron chi connectivity index (χ2n) is 7.84. The van der Waals surface area contributed by atoms with Gasteiger partial charge in [-0.05, 0) is 36.1 Å². The van der Waals surface area contributed by atoms with Gasteiger partial charge in [-0.25, -0.2) is 0 Å². The fraction of sp³-hybridized carbons (Fsp3) is 0.500. The van der Waals surface area contributed by atoms with Crippen LogP contribution < -0.4 is 14.8 Å². The SMILES string of the molecule is O=C(CCC1CCCCC1)NCCN1C(=O)C(=Cc2ccc3c(c2)OCO3)SC1=S. The Bertz CT molecular complexity index is 865. The van der Waals surface area contributed by atoms with E-state index in [2.05, 4.69) is 5.32 Å². The highest BCUT2D eigenvalue weighted by molar-refractivity contribution is 8.26. The molecule has 1 aromatic carbocycles. The first-order valence-electron chi connectivity index (χ1n) is 10.5. The summed E-state index contributed by atoms with van der Waals surface area (Å²) in [7, 11) is 0. The molecule has 2 aliphatic heterocycles. The second kappa shape index (κ2) is 9.83. The molecule has 1 saturated heterocycles. The van der Waals surface area contributed by atoms with Crippen LogP contribution in [0.4, 0.5) is 0 Å². The molecule has 8 heteroatoms. The molecule has 2 heterocycles. The number of ether oxygens (including phenoxy) is 2. The number of benzene rings is 1. The minimum absolute atomic E-state index is 0.0573. The molecule has 2 amide bonds. The van der Waals surface area contributed by atoms with Crippen LogP contribution in [0, 0.1) is 5.92 Å². The summed E-state index contributed by atoms with van der Waals surface area (Å²) in [5, 5.41) is 2.93. The molecule has 30 heavy (non-hydrogen) atoms. The van der Waals surface area contributed by atoms with Crippen LogP contribution in [0.25, 0.3) is 6.08 Å². The minimum atomic E-state index is -0.126. The van der Waals surface area contributed by atoms with E-state index in [4.69, 9.17) is 21.7 Å². The fourth-order valence-corrected chi connectivity index (χ4v) is 5.36. The molecular weight excluding hydrogens is 420 g/mol. The number of nitrogens with zero attached hydrogens (tertiary/aromatic N) is 1. The summed E-state index contributed by atoms with van der Waals surface area (Å²) in [4.78, 5) is 27.0. The number of hydrogen-bond acceptors (Lipinski definition) is 6. The Balaban J connectivity index is 1.25. The van der Waals surface area contributed by atoms with E-state index in [0.29, 0.717) is 46.2 Å². The molecule has 1 aromatic rings. The Morgan fingerprint density at radius 1 is 1.23 bits per heavy atom. The van der Waals surface area contributed by atoms with Crippen molar-refractivity contribution in [1.82, 2.24) is 10.2 Å². The second-order valence-corrected chi connectivity index (χ2v) is 9.51. The topological polar surface area (TPSA) is 67.9 Å². The number of fused-ring (bicyclic) bond motifs is 1. The zero-order valence-corrected chi connectivity index (χ0v) is 18.5. The van der Waals surface area contributed by atoms with Gasteiger partial charge in [0, 0.05) is 19.5 Å². The first kappa shape index (κ1) is 21.2. The van der Waals surface area contributed by atoms with Crippen molar-refractivity contribution in [3.05, 3.63) is 28.7 Å². The van der Waals surface area contributed by atoms with Gasteiger partial charge in [-0.3, -0.25) is 14.5 Å². The first-order valence-corrected chi connectivity index (χ1v) is 11.7. The predicted octanol–water partition coefficient (Wildman–Crippen LogP) is 4.09. The van der Waals surface area contributed by atoms with Crippen LogP contribution in [0.5, 0.6) is 11.5 Å². The van der Waals surface area contributed by atoms with Crippen LogP contribution in [0.2, 0.25) is 0 Å². The van der Waals surface area contributed by atoms with Gasteiger partial charge in [0.2, 0.25) is 12.7 Å². The number of thiocarbonyl (C=S) groups is 1. The highest BCUT2D eigenvalue weighted by atomic mass is 32.2. The van der Waals surface area contributed by atoms with E-state index < -0.39 is 0 Å². The summed E-state index contributed by atoms with van der Waals surface area (Å²) in [6, 6.07) is 5.56. The highest BCUT2D eigenvalue weighted by Crippen LogP contribution is 2.36. The molecule has 0 unspecified atom stereocenters. The number of nitrogens with one attached hydrogen (secondary N) is 1. The lowest BCUT2D eigenvalue weighted by molar-refractivity contribution is -0.124. The average Bonchev–Trinajstić information content (AvgIpc) is 3.32. The zero-order chi connectivity index (χ0) is 20.9. The van der Waals surface area contributed by atoms with Crippen LogP contribution in [-0.4, -0.2) is 40.9 Å². The quantitative estimate of drug-likeness (QED) is 0.503. The summed E-state index contributed by atoms with van der Waals surface area (Å²) in [6.45, 7) is 1.01. The Morgan fingerprint density at radius 2 is 2.03 bits per heavy atom. The van der Waals surface area contributed by atoms with E-state index in [1.807, 2.05) is 24.3 Å². The Hall–Kier alpha value is -2.06. The summed E-state index contributed by atoms with van der Waals surface area (Å²) in [5.41, 5.74) is 0.857. The predicted molar refractivity (Wildman–Crippen MR) is 121 cm³/mol. The molecule has 0 spiro atoms. The molecule has 1 aliphatic carbocycles. The molecule has 6 nitrogen and oxygen atoms in total. The largest absolute Gasteiger partial charge is 0.454 e. The Kier molecular flexibility index (Phi) is 6.94. The van der Waals surface area contributed by atoms with Crippen molar-refractivity contribution in [3.8, 4) is 11.5 Å². The van der Waals surface area contributed by atoms with Crippen molar-refractivity contribution in [2.75, 3.05) is 19.9 Å². The smallest absolute Gasteiger partial charge is 0.266 e. The Morgan fingerprint density at radius 3 is 2.87 bits per heavy atom. The van der Waals surface area contributed by atoms with Gasteiger partial charge in [0.25, 0.3) is 5.91 Å². The third kappa shape index (κ3) is 5.16. The normalized spacial score (nSPS) is 20.3. The molecule has 1 saturated carbocycles. The molecule has 1 N–H and O–H groups in total. The maximum absolute atomic E-state index is 12.7. The van der Waals surface area contributed by atoms with Gasteiger partial charge in [-0.15, -0.1) is 0 Å². The lowest BCUT2D eigenvalue weighted by Gasteiger charge is -2.21. The maximum atomic E-state index is 12.7. The first-order chi connectivity index (χ1) is 14.6. The van der Waals surface area contributed by atoms with Crippen molar-refractivity contribution in [1.29, 1.82) is 0 Å². The molecule has 160 valence electrons. The van der Waals surface area contributed by atoms with Gasteiger partial charge in [0.05, 0.1) is 4.91 Å². The molecule has 0 bridgehead atoms. The van der Waals surface area contributed by atoms with Crippen molar-refractivity contribution >= 4 is 46.2 Å². The maximum Gasteiger partial charge on any atom is 0.266 e. The van der Waals surface area contributed by atoms with Crippen molar-refractivity contribution in [3.63, 3.8) is 0 Å². The van der Waals surface area contributed by atoms with Crippen molar-refractivity contribution in [2.24, 2.45) is 5.92 Å². The molecule has 2 fully saturated rings. The van der Waals surface area contributed by atoms with E-state index in [0.717, 1.165) is 12.0 Å². The number of carbonyl (C=O) groups is 2. The third-order valence-electron chi connectivity index (χ3n) is 5.73. The van der Waals surface area contributed by atoms with Gasteiger partial charge in [0.1, 0.15) is 4.32 Å². The minimum Gasteiger partial charge on any atom is -0.454 e. The van der Waals surface area contributed by atoms with Crippen molar-refractivity contribution in [2.45, 2.75) is 44.9 Å². The lowest BCUT2D eigenvalue weighted by Crippen LogP contribution is -2.37. The van der Waals surface area contributed by atoms with E-state index in [-0.39, 0.29) is 18.6 Å². The number of hydrogen-bond donors (Lipinski definition) is 1. The monoisotopic (exact) mass is 446 g/mol. The number of amides is 2. The van der Waals surface area contributed by atoms with Gasteiger partial charge in [-0.2, -0.15) is 0 Å². The summed E-state index contributed by atoms with van der Waals surface area (Å²) in [6.07, 6.45) is 9.75. The Labute approximate surface area is 186 Å². The number of carbonyl (C=O) groups excluding carboxylic acids is 2. The van der Waals surface area contributed by atoms with E-state index in [1.165, 1.54) is 43.9 Å². The van der Waals surface area contributed by atoms with Gasteiger partial charge < -0.3 is 14.8 Å². The van der Waals surface area contributed by atoms with Crippen LogP contribution in [0.3, 0.4) is 0 Å². The van der Waals surface area contributed by atoms with E-state index >= 15 is 0 Å². The molecule has 0 atom stereocenters. The molecule has 0 aromatic heterocycles. The van der Waals surface area contributed by atoms with Crippen LogP contribution >= 0.6 is 24.0 Å². The summed E-state index contributed by atoms with van der Waals surface area (Å²) >= 11 is 6.66. The highest BCUT2D eigenvalue weighted by Gasteiger charge is 2.31. The fourth-order valence-electron chi connectivity index (χ4n) is 4.05. The van der Waals surface area contributed by atoms with Crippen LogP contribution in [0.15, 0.2) is 23.1 Å². The summed E-state index contributed by atoms with van der Waals surface area (Å²) < 4.78 is 11.2. The van der Waals surface area contributed by atoms with Gasteiger partial charge >= 0.3 is 0 Å². The van der Waals surface area contributed by atoms with Crippen LogP contribution in [-0.2, 0) is 9.59 Å². The molecule has 4 rings (SSSR count). The summed E-state index contributed by atoms with van der Waals surface area (Å²) in [5.74, 6) is 2.01. The van der Waals surface area contributed by atoms with E-state index in [1.54, 1.807) is 4.90 Å². The molecule has 3 aliphatic rings. The number of thioether (sulfide) groups is 1. The van der Waals surface area contributed by atoms with Gasteiger partial charge in [-0.1, -0.05) is 62.2 Å². The standard InChI is InChI=1S/C22H26N2O4S2/c25-20(9-7-15-4-2-1-3-5-15)23-10-11-24-21(26)19(30-22(24)29)13-16-6-8-17-18(12-16)28-14-27-17/h6,8,12-13,15H,1-5,7,9-11,14H2,(H,23,25). The molecule has 0 radical (unpaired) electrons. The average molecular weight is 447 g/mol. The van der Waals surface area contributed by atoms with Crippen LogP contribution in [0.1, 0.15) is 50.5 Å². The zero-order valence-electron chi connectivity index (χ0n) is 16.9. The van der Waals surface area contributed by atoms with E-state index in [9.17, 15) is 9.59 Å². The van der Waals surface area contributed by atoms with Gasteiger partial charge in [0.15, 0.2) is 11.5 Å². The van der Waals surface area contributed by atoms with Crippen molar-refractivity contribution < 1.29 is 19.1 Å². The molecular formula is C22H26N2O4S2. The number of rotatable bonds is 7.